The number of ether oxygens (including phenoxy) is 4. The number of benzene rings is 2. The molecule has 0 aliphatic carbocycles. The largest absolute Gasteiger partial charge is 1.00 e. The molecule has 304 valence electrons. The minimum Gasteiger partial charge on any atom is -1.00 e. The van der Waals surface area contributed by atoms with Gasteiger partial charge in [-0.15, -0.1) is 0 Å². The normalized spacial score (nSPS) is 29.4. The van der Waals surface area contributed by atoms with Gasteiger partial charge in [-0.1, -0.05) is 6.42 Å². The Morgan fingerprint density at radius 2 is 0.873 bits per heavy atom. The third-order valence-electron chi connectivity index (χ3n) is 12.9. The van der Waals surface area contributed by atoms with Gasteiger partial charge in [0.15, 0.2) is 0 Å². The first-order valence-corrected chi connectivity index (χ1v) is 20.0. The number of hydrogen-bond donors (Lipinski definition) is 0. The van der Waals surface area contributed by atoms with Crippen LogP contribution < -0.4 is 43.4 Å². The Balaban J connectivity index is 0.00000336. The number of rotatable bonds is 14. The molecule has 0 N–H and O–H groups in total. The number of carbonyl (C=O) groups is 4. The van der Waals surface area contributed by atoms with E-state index in [1.54, 1.807) is 0 Å². The van der Waals surface area contributed by atoms with Gasteiger partial charge in [0.1, 0.15) is 36.8 Å². The Kier molecular flexibility index (Phi) is 16.4. The third kappa shape index (κ3) is 11.6. The summed E-state index contributed by atoms with van der Waals surface area (Å²) in [5, 5.41) is 0. The molecule has 10 nitrogen and oxygen atoms in total. The van der Waals surface area contributed by atoms with Crippen molar-refractivity contribution in [3.05, 3.63) is 59.7 Å². The second-order valence-corrected chi connectivity index (χ2v) is 16.7. The van der Waals surface area contributed by atoms with Crippen molar-refractivity contribution in [2.45, 2.75) is 160 Å². The van der Waals surface area contributed by atoms with Crippen LogP contribution in [-0.4, -0.2) is 83.3 Å². The fraction of sp³-hybridized carbons (Fsp3) is 0.628. The second kappa shape index (κ2) is 20.1. The fourth-order valence-corrected chi connectivity index (χ4v) is 10.2. The van der Waals surface area contributed by atoms with Gasteiger partial charge in [-0.25, -0.2) is 0 Å². The molecule has 12 heteroatoms. The van der Waals surface area contributed by atoms with Gasteiger partial charge in [-0.05, 0) is 99.9 Å². The molecule has 4 aliphatic heterocycles. The molecule has 4 unspecified atom stereocenters. The maximum atomic E-state index is 12.9. The molecule has 0 radical (unpaired) electrons. The highest BCUT2D eigenvalue weighted by molar-refractivity contribution is 5.70. The summed E-state index contributed by atoms with van der Waals surface area (Å²) >= 11 is 0. The van der Waals surface area contributed by atoms with Crippen molar-refractivity contribution in [2.24, 2.45) is 0 Å². The van der Waals surface area contributed by atoms with Crippen molar-refractivity contribution >= 4 is 23.9 Å². The number of quaternary nitrogens is 2. The van der Waals surface area contributed by atoms with E-state index in [0.29, 0.717) is 61.3 Å². The lowest BCUT2D eigenvalue weighted by atomic mass is 9.80. The Hall–Kier alpha value is -2.80. The van der Waals surface area contributed by atoms with E-state index in [1.165, 1.54) is 37.8 Å². The molecule has 4 saturated heterocycles. The highest BCUT2D eigenvalue weighted by Gasteiger charge is 2.51. The van der Waals surface area contributed by atoms with Crippen LogP contribution in [0.3, 0.4) is 0 Å². The molecular weight excluding hydrogens is 832 g/mol. The lowest BCUT2D eigenvalue weighted by Crippen LogP contribution is -3.00. The predicted octanol–water partition coefficient (Wildman–Crippen LogP) is 1.34. The first kappa shape index (κ1) is 44.9. The molecule has 4 bridgehead atoms. The SMILES string of the molecule is CC(=O)Oc1ccc(C[N+]2(C)C3CCCC2CC(OC(=O)CCCCCC(=O)OC2CC4CCCC(C2)[N+]4(C)Cc2ccc(OC(C)=O)cc2)C3)cc1.[Br-].[Br-]. The molecule has 0 aromatic heterocycles. The molecule has 6 rings (SSSR count). The number of unbranched alkanes of at least 4 members (excludes halogenated alkanes) is 2. The highest BCUT2D eigenvalue weighted by Crippen LogP contribution is 2.43. The molecule has 55 heavy (non-hydrogen) atoms. The van der Waals surface area contributed by atoms with Crippen LogP contribution in [0.2, 0.25) is 0 Å². The summed E-state index contributed by atoms with van der Waals surface area (Å²) in [5.41, 5.74) is 2.45. The van der Waals surface area contributed by atoms with E-state index in [9.17, 15) is 19.2 Å². The molecule has 0 amide bonds. The van der Waals surface area contributed by atoms with Gasteiger partial charge in [-0.2, -0.15) is 0 Å². The number of nitrogens with zero attached hydrogens (tertiary/aromatic N) is 2. The van der Waals surface area contributed by atoms with E-state index >= 15 is 0 Å². The zero-order chi connectivity index (χ0) is 37.6. The Labute approximate surface area is 348 Å². The van der Waals surface area contributed by atoms with Crippen LogP contribution in [0.1, 0.15) is 121 Å². The quantitative estimate of drug-likeness (QED) is 0.121. The van der Waals surface area contributed by atoms with E-state index in [1.807, 2.05) is 24.3 Å². The Morgan fingerprint density at radius 1 is 0.545 bits per heavy atom. The lowest BCUT2D eigenvalue weighted by Gasteiger charge is -2.55. The summed E-state index contributed by atoms with van der Waals surface area (Å²) in [5.74, 6) is 0.261. The van der Waals surface area contributed by atoms with Crippen molar-refractivity contribution in [1.82, 2.24) is 0 Å². The average Bonchev–Trinajstić information content (AvgIpc) is 3.07. The van der Waals surface area contributed by atoms with E-state index in [-0.39, 0.29) is 70.0 Å². The number of hydrogen-bond acceptors (Lipinski definition) is 8. The number of carbonyl (C=O) groups excluding carboxylic acids is 4. The van der Waals surface area contributed by atoms with Crippen molar-refractivity contribution in [3.8, 4) is 11.5 Å². The monoisotopic (exact) mass is 890 g/mol. The smallest absolute Gasteiger partial charge is 0.308 e. The van der Waals surface area contributed by atoms with Gasteiger partial charge >= 0.3 is 23.9 Å². The molecule has 0 spiro atoms. The number of fused-ring (bicyclic) bond motifs is 4. The average molecular weight is 893 g/mol. The van der Waals surface area contributed by atoms with Gasteiger partial charge in [0.2, 0.25) is 0 Å². The molecular formula is C43H60Br2N2O8. The molecule has 2 aromatic rings. The van der Waals surface area contributed by atoms with Gasteiger partial charge in [0.25, 0.3) is 0 Å². The third-order valence-corrected chi connectivity index (χ3v) is 12.9. The fourth-order valence-electron chi connectivity index (χ4n) is 10.2. The van der Waals surface area contributed by atoms with E-state index in [0.717, 1.165) is 79.8 Å². The van der Waals surface area contributed by atoms with E-state index in [4.69, 9.17) is 18.9 Å². The first-order chi connectivity index (χ1) is 25.4. The van der Waals surface area contributed by atoms with Crippen LogP contribution in [0.25, 0.3) is 0 Å². The molecule has 4 aliphatic rings. The zero-order valence-electron chi connectivity index (χ0n) is 33.0. The summed E-state index contributed by atoms with van der Waals surface area (Å²) in [4.78, 5) is 48.4. The van der Waals surface area contributed by atoms with Crippen molar-refractivity contribution in [2.75, 3.05) is 14.1 Å². The van der Waals surface area contributed by atoms with Crippen LogP contribution in [-0.2, 0) is 41.7 Å². The summed E-state index contributed by atoms with van der Waals surface area (Å²) in [7, 11) is 4.70. The van der Waals surface area contributed by atoms with Gasteiger partial charge in [0.05, 0.1) is 38.3 Å². The molecule has 4 heterocycles. The zero-order valence-corrected chi connectivity index (χ0v) is 36.2. The van der Waals surface area contributed by atoms with E-state index in [2.05, 4.69) is 38.4 Å². The van der Waals surface area contributed by atoms with Crippen LogP contribution in [0.4, 0.5) is 0 Å². The minimum atomic E-state index is -0.316. The molecule has 0 saturated carbocycles. The van der Waals surface area contributed by atoms with Crippen LogP contribution >= 0.6 is 0 Å². The predicted molar refractivity (Wildman–Crippen MR) is 199 cm³/mol. The Morgan fingerprint density at radius 3 is 1.18 bits per heavy atom. The van der Waals surface area contributed by atoms with Crippen molar-refractivity contribution < 1.29 is 81.1 Å². The van der Waals surface area contributed by atoms with E-state index < -0.39 is 0 Å². The second-order valence-electron chi connectivity index (χ2n) is 16.7. The molecule has 4 atom stereocenters. The van der Waals surface area contributed by atoms with Crippen LogP contribution in [0.15, 0.2) is 48.5 Å². The molecule has 2 aromatic carbocycles. The molecule has 4 fully saturated rings. The number of piperidine rings is 4. The Bertz CT molecular complexity index is 1460. The standard InChI is InChI=1S/C43H60N2O8.2BrH/c1-30(46)50-38-20-16-32(17-21-38)28-44(3)34-10-8-11-35(44)25-40(24-34)52-42(48)14-6-5-7-15-43(49)53-41-26-36-12-9-13-37(27-41)45(36,4)29-33-18-22-39(23-19-33)51-31(2)47;;/h16-23,34-37,40-41H,5-15,24-29H2,1-4H3;2*1H/q+2;;/p-2. The maximum Gasteiger partial charge on any atom is 0.308 e. The summed E-state index contributed by atoms with van der Waals surface area (Å²) < 4.78 is 24.5. The van der Waals surface area contributed by atoms with Gasteiger partial charge in [-0.3, -0.25) is 19.2 Å². The van der Waals surface area contributed by atoms with Crippen molar-refractivity contribution in [1.29, 1.82) is 0 Å². The summed E-state index contributed by atoms with van der Waals surface area (Å²) in [6, 6.07) is 17.5. The summed E-state index contributed by atoms with van der Waals surface area (Å²) in [6.07, 6.45) is 13.5. The van der Waals surface area contributed by atoms with Crippen LogP contribution in [0.5, 0.6) is 11.5 Å². The first-order valence-electron chi connectivity index (χ1n) is 20.0. The van der Waals surface area contributed by atoms with Gasteiger partial charge in [0, 0.05) is 63.5 Å². The van der Waals surface area contributed by atoms with Gasteiger partial charge < -0.3 is 61.9 Å². The van der Waals surface area contributed by atoms with Crippen LogP contribution in [0, 0.1) is 0 Å². The topological polar surface area (TPSA) is 105 Å². The lowest BCUT2D eigenvalue weighted by molar-refractivity contribution is -0.979. The maximum absolute atomic E-state index is 12.9. The van der Waals surface area contributed by atoms with Crippen molar-refractivity contribution in [3.63, 3.8) is 0 Å². The summed E-state index contributed by atoms with van der Waals surface area (Å²) in [6.45, 7) is 4.65. The number of halogens is 2. The highest BCUT2D eigenvalue weighted by atomic mass is 79.9. The number of esters is 4. The minimum absolute atomic E-state index is 0.